The third kappa shape index (κ3) is 2.36. The van der Waals surface area contributed by atoms with Crippen LogP contribution in [0.3, 0.4) is 0 Å². The van der Waals surface area contributed by atoms with Crippen molar-refractivity contribution in [3.05, 3.63) is 10.6 Å². The first-order chi connectivity index (χ1) is 9.10. The van der Waals surface area contributed by atoms with Gasteiger partial charge in [-0.05, 0) is 38.0 Å². The average Bonchev–Trinajstić information content (AvgIpc) is 2.97. The summed E-state index contributed by atoms with van der Waals surface area (Å²) < 4.78 is 0. The lowest BCUT2D eigenvalue weighted by Crippen LogP contribution is -2.42. The van der Waals surface area contributed by atoms with E-state index in [-0.39, 0.29) is 5.91 Å². The molecule has 19 heavy (non-hydrogen) atoms. The van der Waals surface area contributed by atoms with E-state index in [4.69, 9.17) is 5.73 Å². The van der Waals surface area contributed by atoms with Gasteiger partial charge in [0, 0.05) is 13.1 Å². The molecule has 1 aromatic rings. The lowest BCUT2D eigenvalue weighted by molar-refractivity contribution is 0.0591. The summed E-state index contributed by atoms with van der Waals surface area (Å²) in [5.74, 6) is 0.125. The predicted octanol–water partition coefficient (Wildman–Crippen LogP) is 2.83. The first-order valence-electron chi connectivity index (χ1n) is 7.12. The fourth-order valence-corrected chi connectivity index (χ4v) is 4.37. The highest BCUT2D eigenvalue weighted by atomic mass is 32.1. The Morgan fingerprint density at radius 1 is 1.26 bits per heavy atom. The molecule has 5 heteroatoms. The minimum Gasteiger partial charge on any atom is -0.375 e. The van der Waals surface area contributed by atoms with Gasteiger partial charge >= 0.3 is 0 Å². The van der Waals surface area contributed by atoms with Crippen LogP contribution in [0.4, 0.5) is 5.13 Å². The molecular weight excluding hydrogens is 258 g/mol. The third-order valence-electron chi connectivity index (χ3n) is 4.78. The zero-order valence-corrected chi connectivity index (χ0v) is 12.3. The maximum atomic E-state index is 12.5. The van der Waals surface area contributed by atoms with Crippen LogP contribution in [0.5, 0.6) is 0 Å². The van der Waals surface area contributed by atoms with Gasteiger partial charge in [0.15, 0.2) is 5.13 Å². The number of aryl methyl sites for hydroxylation is 1. The van der Waals surface area contributed by atoms with E-state index >= 15 is 0 Å². The van der Waals surface area contributed by atoms with Crippen molar-refractivity contribution in [1.82, 2.24) is 9.88 Å². The van der Waals surface area contributed by atoms with Crippen molar-refractivity contribution in [1.29, 1.82) is 0 Å². The average molecular weight is 279 g/mol. The molecule has 1 aliphatic heterocycles. The number of rotatable bonds is 1. The number of nitrogens with two attached hydrogens (primary N) is 1. The van der Waals surface area contributed by atoms with E-state index in [0.717, 1.165) is 23.7 Å². The van der Waals surface area contributed by atoms with Gasteiger partial charge in [0.05, 0.1) is 5.69 Å². The fraction of sp³-hybridized carbons (Fsp3) is 0.714. The Morgan fingerprint density at radius 3 is 2.42 bits per heavy atom. The summed E-state index contributed by atoms with van der Waals surface area (Å²) in [6.07, 6.45) is 7.82. The summed E-state index contributed by atoms with van der Waals surface area (Å²) >= 11 is 1.32. The quantitative estimate of drug-likeness (QED) is 0.860. The van der Waals surface area contributed by atoms with E-state index < -0.39 is 0 Å². The summed E-state index contributed by atoms with van der Waals surface area (Å²) in [4.78, 5) is 19.3. The zero-order chi connectivity index (χ0) is 13.5. The molecule has 104 valence electrons. The fourth-order valence-electron chi connectivity index (χ4n) is 3.57. The van der Waals surface area contributed by atoms with Crippen LogP contribution in [0.2, 0.25) is 0 Å². The molecule has 0 atom stereocenters. The monoisotopic (exact) mass is 279 g/mol. The molecule has 2 N–H and O–H groups in total. The molecule has 1 amide bonds. The van der Waals surface area contributed by atoms with Gasteiger partial charge in [0.1, 0.15) is 4.88 Å². The van der Waals surface area contributed by atoms with E-state index in [1.165, 1.54) is 49.9 Å². The third-order valence-corrected chi connectivity index (χ3v) is 5.76. The second-order valence-corrected chi connectivity index (χ2v) is 7.00. The minimum atomic E-state index is 0.125. The number of anilines is 1. The number of piperidine rings is 1. The van der Waals surface area contributed by atoms with Gasteiger partial charge in [-0.2, -0.15) is 0 Å². The van der Waals surface area contributed by atoms with Crippen LogP contribution in [0.25, 0.3) is 0 Å². The maximum absolute atomic E-state index is 12.5. The first kappa shape index (κ1) is 12.9. The molecule has 0 unspecified atom stereocenters. The van der Waals surface area contributed by atoms with Gasteiger partial charge in [-0.1, -0.05) is 24.2 Å². The Morgan fingerprint density at radius 2 is 1.89 bits per heavy atom. The summed E-state index contributed by atoms with van der Waals surface area (Å²) in [5, 5.41) is 0.491. The molecule has 1 spiro atoms. The number of thiazole rings is 1. The molecule has 2 aliphatic rings. The molecule has 1 saturated heterocycles. The Labute approximate surface area is 118 Å². The molecule has 0 aromatic carbocycles. The number of hydrogen-bond acceptors (Lipinski definition) is 4. The Hall–Kier alpha value is -1.10. The zero-order valence-electron chi connectivity index (χ0n) is 11.4. The van der Waals surface area contributed by atoms with Crippen molar-refractivity contribution in [2.75, 3.05) is 18.8 Å². The van der Waals surface area contributed by atoms with Gasteiger partial charge in [0.2, 0.25) is 0 Å². The van der Waals surface area contributed by atoms with Crippen LogP contribution in [0.1, 0.15) is 53.9 Å². The highest BCUT2D eigenvalue weighted by molar-refractivity contribution is 7.17. The number of hydrogen-bond donors (Lipinski definition) is 1. The van der Waals surface area contributed by atoms with Gasteiger partial charge in [-0.3, -0.25) is 4.79 Å². The Bertz CT molecular complexity index is 481. The standard InChI is InChI=1S/C14H21N3OS/c1-10-11(19-13(15)16-10)12(18)17-8-6-14(7-9-17)4-2-3-5-14/h2-9H2,1H3,(H2,15,16). The lowest BCUT2D eigenvalue weighted by Gasteiger charge is -2.39. The van der Waals surface area contributed by atoms with Crippen molar-refractivity contribution < 1.29 is 4.79 Å². The van der Waals surface area contributed by atoms with Gasteiger partial charge < -0.3 is 10.6 Å². The van der Waals surface area contributed by atoms with Crippen molar-refractivity contribution >= 4 is 22.4 Å². The molecule has 3 rings (SSSR count). The summed E-state index contributed by atoms with van der Waals surface area (Å²) in [7, 11) is 0. The van der Waals surface area contributed by atoms with Gasteiger partial charge in [-0.25, -0.2) is 4.98 Å². The summed E-state index contributed by atoms with van der Waals surface area (Å²) in [5.41, 5.74) is 7.00. The van der Waals surface area contributed by atoms with Crippen LogP contribution in [-0.4, -0.2) is 28.9 Å². The van der Waals surface area contributed by atoms with Crippen molar-refractivity contribution in [3.8, 4) is 0 Å². The van der Waals surface area contributed by atoms with E-state index in [9.17, 15) is 4.79 Å². The van der Waals surface area contributed by atoms with E-state index in [2.05, 4.69) is 4.98 Å². The number of nitrogen functional groups attached to an aromatic ring is 1. The SMILES string of the molecule is Cc1nc(N)sc1C(=O)N1CCC2(CCCC2)CC1. The molecule has 0 radical (unpaired) electrons. The van der Waals surface area contributed by atoms with Crippen molar-refractivity contribution in [2.45, 2.75) is 45.4 Å². The normalized spacial score (nSPS) is 22.1. The largest absolute Gasteiger partial charge is 0.375 e. The molecule has 0 bridgehead atoms. The number of aromatic nitrogens is 1. The molecule has 1 saturated carbocycles. The Balaban J connectivity index is 1.68. The van der Waals surface area contributed by atoms with Crippen molar-refractivity contribution in [3.63, 3.8) is 0 Å². The second kappa shape index (κ2) is 4.78. The number of carbonyl (C=O) groups excluding carboxylic acids is 1. The first-order valence-corrected chi connectivity index (χ1v) is 7.94. The van der Waals surface area contributed by atoms with Crippen molar-refractivity contribution in [2.24, 2.45) is 5.41 Å². The van der Waals surface area contributed by atoms with E-state index in [0.29, 0.717) is 10.5 Å². The number of amides is 1. The molecular formula is C14H21N3OS. The summed E-state index contributed by atoms with van der Waals surface area (Å²) in [6.45, 7) is 3.66. The molecule has 4 nitrogen and oxygen atoms in total. The van der Waals surface area contributed by atoms with Crippen LogP contribution < -0.4 is 5.73 Å². The predicted molar refractivity (Wildman–Crippen MR) is 77.3 cm³/mol. The molecule has 2 fully saturated rings. The number of carbonyl (C=O) groups is 1. The summed E-state index contributed by atoms with van der Waals surface area (Å²) in [6, 6.07) is 0. The van der Waals surface area contributed by atoms with Crippen LogP contribution in [0, 0.1) is 12.3 Å². The second-order valence-electron chi connectivity index (χ2n) is 5.97. The van der Waals surface area contributed by atoms with Crippen LogP contribution >= 0.6 is 11.3 Å². The number of likely N-dealkylation sites (tertiary alicyclic amines) is 1. The van der Waals surface area contributed by atoms with Gasteiger partial charge in [-0.15, -0.1) is 0 Å². The highest BCUT2D eigenvalue weighted by Crippen LogP contribution is 2.46. The Kier molecular flexibility index (Phi) is 3.25. The highest BCUT2D eigenvalue weighted by Gasteiger charge is 2.38. The van der Waals surface area contributed by atoms with Crippen LogP contribution in [-0.2, 0) is 0 Å². The van der Waals surface area contributed by atoms with E-state index in [1.807, 2.05) is 11.8 Å². The topological polar surface area (TPSA) is 59.2 Å². The smallest absolute Gasteiger partial charge is 0.265 e. The van der Waals surface area contributed by atoms with Gasteiger partial charge in [0.25, 0.3) is 5.91 Å². The van der Waals surface area contributed by atoms with Crippen LogP contribution in [0.15, 0.2) is 0 Å². The molecule has 1 aliphatic carbocycles. The minimum absolute atomic E-state index is 0.125. The maximum Gasteiger partial charge on any atom is 0.265 e. The molecule has 1 aromatic heterocycles. The number of nitrogens with zero attached hydrogens (tertiary/aromatic N) is 2. The lowest BCUT2D eigenvalue weighted by atomic mass is 9.77. The van der Waals surface area contributed by atoms with E-state index in [1.54, 1.807) is 0 Å². The molecule has 2 heterocycles.